The summed E-state index contributed by atoms with van der Waals surface area (Å²) in [7, 11) is 0. The number of hydrogen-bond acceptors (Lipinski definition) is 2. The normalized spacial score (nSPS) is 17.0. The predicted molar refractivity (Wildman–Crippen MR) is 61.5 cm³/mol. The molecule has 0 aliphatic rings. The van der Waals surface area contributed by atoms with Gasteiger partial charge in [-0.2, -0.15) is 43.9 Å². The van der Waals surface area contributed by atoms with E-state index in [1.165, 1.54) is 0 Å². The maximum absolute atomic E-state index is 13.4. The summed E-state index contributed by atoms with van der Waals surface area (Å²) in [6.07, 6.45) is -6.37. The predicted octanol–water partition coefficient (Wildman–Crippen LogP) is 5.11. The molecule has 15 heteroatoms. The molecule has 0 heterocycles. The van der Waals surface area contributed by atoms with Crippen molar-refractivity contribution in [2.75, 3.05) is 6.61 Å². The fraction of sp³-hybridized carbons (Fsp3) is 0.917. The lowest BCUT2D eigenvalue weighted by Crippen LogP contribution is -2.69. The Morgan fingerprint density at radius 2 is 1.22 bits per heavy atom. The highest BCUT2D eigenvalue weighted by molar-refractivity contribution is 5.78. The van der Waals surface area contributed by atoms with Crippen LogP contribution in [0.2, 0.25) is 0 Å². The summed E-state index contributed by atoms with van der Waals surface area (Å²) in [5.74, 6) is -38.6. The third-order valence-electron chi connectivity index (χ3n) is 3.41. The van der Waals surface area contributed by atoms with Gasteiger partial charge in [-0.05, 0) is 13.3 Å². The van der Waals surface area contributed by atoms with Crippen LogP contribution in [-0.4, -0.2) is 54.3 Å². The van der Waals surface area contributed by atoms with Crippen LogP contribution in [-0.2, 0) is 9.53 Å². The molecule has 0 bridgehead atoms. The Kier molecular flexibility index (Phi) is 6.80. The van der Waals surface area contributed by atoms with Gasteiger partial charge >= 0.3 is 42.0 Å². The molecule has 27 heavy (non-hydrogen) atoms. The molecule has 0 N–H and O–H groups in total. The van der Waals surface area contributed by atoms with Crippen LogP contribution in [0, 0.1) is 0 Å². The van der Waals surface area contributed by atoms with Gasteiger partial charge in [-0.15, -0.1) is 0 Å². The average Bonchev–Trinajstić information content (AvgIpc) is 2.51. The summed E-state index contributed by atoms with van der Waals surface area (Å²) in [6, 6.07) is 0. The summed E-state index contributed by atoms with van der Waals surface area (Å²) in [5, 5.41) is 0. The second kappa shape index (κ2) is 7.18. The van der Waals surface area contributed by atoms with E-state index < -0.39 is 60.7 Å². The maximum Gasteiger partial charge on any atom is 0.384 e. The number of carbonyl (C=O) groups is 1. The molecule has 0 radical (unpaired) electrons. The molecular formula is C12H11F13O2. The summed E-state index contributed by atoms with van der Waals surface area (Å²) < 4.78 is 171. The largest absolute Gasteiger partial charge is 0.457 e. The molecule has 0 fully saturated rings. The van der Waals surface area contributed by atoms with Crippen molar-refractivity contribution in [3.05, 3.63) is 0 Å². The summed E-state index contributed by atoms with van der Waals surface area (Å²) in [6.45, 7) is -1.75. The second-order valence-corrected chi connectivity index (χ2v) is 5.48. The van der Waals surface area contributed by atoms with Gasteiger partial charge in [0, 0.05) is 0 Å². The smallest absolute Gasteiger partial charge is 0.384 e. The third-order valence-corrected chi connectivity index (χ3v) is 3.41. The topological polar surface area (TPSA) is 26.3 Å². The lowest BCUT2D eigenvalue weighted by atomic mass is 9.94. The number of esters is 1. The SMILES string of the molecule is CCC(C)(F)C(=O)OCC(F)(F)C(F)(F)C(F)(F)C(F)(F)C(F)(F)C(F)F. The number of rotatable bonds is 9. The van der Waals surface area contributed by atoms with E-state index in [1.54, 1.807) is 0 Å². The van der Waals surface area contributed by atoms with Gasteiger partial charge in [0.25, 0.3) is 0 Å². The van der Waals surface area contributed by atoms with E-state index in [-0.39, 0.29) is 0 Å². The van der Waals surface area contributed by atoms with Crippen LogP contribution in [0.25, 0.3) is 0 Å². The van der Waals surface area contributed by atoms with Crippen molar-refractivity contribution < 1.29 is 66.6 Å². The minimum absolute atomic E-state index is 0.414. The molecule has 0 spiro atoms. The minimum atomic E-state index is -7.72. The van der Waals surface area contributed by atoms with E-state index in [1.807, 2.05) is 0 Å². The fourth-order valence-electron chi connectivity index (χ4n) is 1.31. The van der Waals surface area contributed by atoms with Crippen LogP contribution in [0.3, 0.4) is 0 Å². The van der Waals surface area contributed by atoms with Crippen molar-refractivity contribution in [1.29, 1.82) is 0 Å². The maximum atomic E-state index is 13.4. The molecule has 0 saturated heterocycles. The van der Waals surface area contributed by atoms with Crippen LogP contribution in [0.5, 0.6) is 0 Å². The van der Waals surface area contributed by atoms with Gasteiger partial charge in [-0.25, -0.2) is 18.0 Å². The first kappa shape index (κ1) is 25.6. The van der Waals surface area contributed by atoms with Crippen molar-refractivity contribution in [2.24, 2.45) is 0 Å². The van der Waals surface area contributed by atoms with E-state index in [9.17, 15) is 61.9 Å². The molecule has 1 atom stereocenters. The molecule has 0 aromatic carbocycles. The Morgan fingerprint density at radius 1 is 0.815 bits per heavy atom. The Balaban J connectivity index is 5.83. The number of halogens is 13. The van der Waals surface area contributed by atoms with Gasteiger partial charge in [-0.3, -0.25) is 0 Å². The van der Waals surface area contributed by atoms with Crippen molar-refractivity contribution in [3.8, 4) is 0 Å². The molecule has 0 aromatic rings. The summed E-state index contributed by atoms with van der Waals surface area (Å²) >= 11 is 0. The quantitative estimate of drug-likeness (QED) is 0.373. The molecule has 0 rings (SSSR count). The van der Waals surface area contributed by atoms with Crippen LogP contribution >= 0.6 is 0 Å². The second-order valence-electron chi connectivity index (χ2n) is 5.48. The Morgan fingerprint density at radius 3 is 1.56 bits per heavy atom. The van der Waals surface area contributed by atoms with E-state index >= 15 is 0 Å². The monoisotopic (exact) mass is 434 g/mol. The van der Waals surface area contributed by atoms with Gasteiger partial charge in [0.15, 0.2) is 6.61 Å². The van der Waals surface area contributed by atoms with Gasteiger partial charge in [0.2, 0.25) is 5.67 Å². The highest BCUT2D eigenvalue weighted by atomic mass is 19.4. The van der Waals surface area contributed by atoms with E-state index in [0.29, 0.717) is 6.92 Å². The third kappa shape index (κ3) is 4.05. The first-order valence-corrected chi connectivity index (χ1v) is 6.67. The number of alkyl halides is 13. The fourth-order valence-corrected chi connectivity index (χ4v) is 1.31. The van der Waals surface area contributed by atoms with Crippen molar-refractivity contribution in [1.82, 2.24) is 0 Å². The molecule has 2 nitrogen and oxygen atoms in total. The van der Waals surface area contributed by atoms with Gasteiger partial charge in [0.1, 0.15) is 0 Å². The first-order chi connectivity index (χ1) is 11.6. The minimum Gasteiger partial charge on any atom is -0.457 e. The number of ether oxygens (including phenoxy) is 1. The van der Waals surface area contributed by atoms with Gasteiger partial charge in [0.05, 0.1) is 0 Å². The zero-order valence-electron chi connectivity index (χ0n) is 13.2. The average molecular weight is 434 g/mol. The van der Waals surface area contributed by atoms with Gasteiger partial charge in [-0.1, -0.05) is 6.92 Å². The summed E-state index contributed by atoms with van der Waals surface area (Å²) in [5.41, 5.74) is -3.06. The van der Waals surface area contributed by atoms with Crippen LogP contribution in [0.4, 0.5) is 57.1 Å². The van der Waals surface area contributed by atoms with Crippen LogP contribution in [0.1, 0.15) is 20.3 Å². The van der Waals surface area contributed by atoms with Crippen LogP contribution in [0.15, 0.2) is 0 Å². The lowest BCUT2D eigenvalue weighted by Gasteiger charge is -2.39. The highest BCUT2D eigenvalue weighted by Crippen LogP contribution is 2.58. The zero-order valence-corrected chi connectivity index (χ0v) is 13.2. The molecular weight excluding hydrogens is 423 g/mol. The standard InChI is InChI=1S/C12H11F13O2/c1-3-7(2,15)6(26)27-4-8(16,17)10(20,21)12(24,25)11(22,23)9(18,19)5(13)14/h5H,3-4H2,1-2H3. The molecule has 0 saturated carbocycles. The van der Waals surface area contributed by atoms with Crippen molar-refractivity contribution in [3.63, 3.8) is 0 Å². The van der Waals surface area contributed by atoms with Crippen molar-refractivity contribution in [2.45, 2.75) is 62.0 Å². The summed E-state index contributed by atoms with van der Waals surface area (Å²) in [4.78, 5) is 11.0. The van der Waals surface area contributed by atoms with E-state index in [0.717, 1.165) is 6.92 Å². The molecule has 1 unspecified atom stereocenters. The number of carbonyl (C=O) groups excluding carboxylic acids is 1. The van der Waals surface area contributed by atoms with E-state index in [4.69, 9.17) is 0 Å². The molecule has 162 valence electrons. The molecule has 0 aliphatic heterocycles. The Labute approximate surface area is 142 Å². The zero-order chi connectivity index (χ0) is 22.3. The first-order valence-electron chi connectivity index (χ1n) is 6.67. The lowest BCUT2D eigenvalue weighted by molar-refractivity contribution is -0.414. The van der Waals surface area contributed by atoms with Crippen molar-refractivity contribution >= 4 is 5.97 Å². The molecule has 0 aromatic heterocycles. The van der Waals surface area contributed by atoms with Crippen LogP contribution < -0.4 is 0 Å². The van der Waals surface area contributed by atoms with E-state index in [2.05, 4.69) is 4.74 Å². The van der Waals surface area contributed by atoms with Gasteiger partial charge < -0.3 is 4.74 Å². The molecule has 0 aliphatic carbocycles. The Hall–Kier alpha value is -1.44. The highest BCUT2D eigenvalue weighted by Gasteiger charge is 2.87. The number of hydrogen-bond donors (Lipinski definition) is 0. The Bertz CT molecular complexity index is 541. The molecule has 0 amide bonds.